The fourth-order valence-corrected chi connectivity index (χ4v) is 0.674. The van der Waals surface area contributed by atoms with Gasteiger partial charge in [-0.15, -0.1) is 0 Å². The van der Waals surface area contributed by atoms with Crippen molar-refractivity contribution in [2.75, 3.05) is 20.6 Å². The first-order chi connectivity index (χ1) is 4.27. The first-order valence-corrected chi connectivity index (χ1v) is 3.41. The molecule has 0 radical (unpaired) electrons. The van der Waals surface area contributed by atoms with E-state index < -0.39 is 0 Å². The number of hydrogen-bond acceptors (Lipinski definition) is 2. The summed E-state index contributed by atoms with van der Waals surface area (Å²) in [4.78, 5) is 2.17. The highest BCUT2D eigenvalue weighted by atomic mass is 15.0. The monoisotopic (exact) mass is 128 g/mol. The summed E-state index contributed by atoms with van der Waals surface area (Å²) < 4.78 is 0. The first kappa shape index (κ1) is 8.63. The second-order valence-corrected chi connectivity index (χ2v) is 2.50. The number of unbranched alkanes of at least 4 members (excludes halogenated alkanes) is 2. The molecular weight excluding hydrogens is 112 g/mol. The number of nitrogens with one attached hydrogen (secondary N) is 1. The van der Waals surface area contributed by atoms with Crippen molar-refractivity contribution in [1.29, 1.82) is 5.41 Å². The van der Waals surface area contributed by atoms with Crippen LogP contribution in [0.5, 0.6) is 0 Å². The lowest BCUT2D eigenvalue weighted by Gasteiger charge is -2.06. The Balaban J connectivity index is 2.82. The van der Waals surface area contributed by atoms with E-state index in [-0.39, 0.29) is 0 Å². The van der Waals surface area contributed by atoms with E-state index in [1.54, 1.807) is 0 Å². The second-order valence-electron chi connectivity index (χ2n) is 2.50. The Kier molecular flexibility index (Phi) is 5.52. The van der Waals surface area contributed by atoms with Crippen LogP contribution in [0.4, 0.5) is 0 Å². The zero-order valence-corrected chi connectivity index (χ0v) is 6.35. The molecule has 0 aromatic carbocycles. The molecule has 0 atom stereocenters. The van der Waals surface area contributed by atoms with E-state index in [0.29, 0.717) is 0 Å². The molecule has 0 aromatic heterocycles. The molecule has 0 amide bonds. The first-order valence-electron chi connectivity index (χ1n) is 3.41. The molecule has 0 aliphatic carbocycles. The summed E-state index contributed by atoms with van der Waals surface area (Å²) >= 11 is 0. The molecule has 0 aliphatic rings. The van der Waals surface area contributed by atoms with Crippen LogP contribution in [-0.2, 0) is 0 Å². The maximum absolute atomic E-state index is 6.75. The molecule has 0 aliphatic heterocycles. The molecule has 0 heterocycles. The van der Waals surface area contributed by atoms with Gasteiger partial charge in [0.2, 0.25) is 0 Å². The summed E-state index contributed by atoms with van der Waals surface area (Å²) in [7, 11) is 4.15. The van der Waals surface area contributed by atoms with Crippen molar-refractivity contribution in [2.45, 2.75) is 19.3 Å². The van der Waals surface area contributed by atoms with Crippen molar-refractivity contribution < 1.29 is 0 Å². The van der Waals surface area contributed by atoms with Crippen LogP contribution in [0.15, 0.2) is 0 Å². The Morgan fingerprint density at radius 3 is 2.44 bits per heavy atom. The third kappa shape index (κ3) is 7.63. The Hall–Kier alpha value is -0.370. The minimum Gasteiger partial charge on any atom is -0.313 e. The van der Waals surface area contributed by atoms with Crippen molar-refractivity contribution in [2.24, 2.45) is 0 Å². The topological polar surface area (TPSA) is 27.1 Å². The quantitative estimate of drug-likeness (QED) is 0.439. The van der Waals surface area contributed by atoms with E-state index in [9.17, 15) is 0 Å². The number of hydrogen-bond donors (Lipinski definition) is 1. The summed E-state index contributed by atoms with van der Waals surface area (Å²) in [5.74, 6) is 0. The van der Waals surface area contributed by atoms with Gasteiger partial charge in [0, 0.05) is 0 Å². The van der Waals surface area contributed by atoms with Crippen LogP contribution in [0.2, 0.25) is 0 Å². The van der Waals surface area contributed by atoms with Gasteiger partial charge >= 0.3 is 0 Å². The summed E-state index contributed by atoms with van der Waals surface area (Å²) in [6.07, 6.45) is 4.79. The van der Waals surface area contributed by atoms with Crippen molar-refractivity contribution >= 4 is 6.21 Å². The fraction of sp³-hybridized carbons (Fsp3) is 0.857. The van der Waals surface area contributed by atoms with Gasteiger partial charge in [0.15, 0.2) is 0 Å². The third-order valence-electron chi connectivity index (χ3n) is 1.20. The van der Waals surface area contributed by atoms with Crippen LogP contribution in [-0.4, -0.2) is 31.8 Å². The molecule has 1 N–H and O–H groups in total. The molecule has 0 unspecified atom stereocenters. The van der Waals surface area contributed by atoms with E-state index in [1.165, 1.54) is 12.6 Å². The van der Waals surface area contributed by atoms with E-state index in [0.717, 1.165) is 19.4 Å². The molecule has 0 spiro atoms. The van der Waals surface area contributed by atoms with Crippen molar-refractivity contribution in [3.8, 4) is 0 Å². The zero-order valence-electron chi connectivity index (χ0n) is 6.35. The normalized spacial score (nSPS) is 10.1. The highest BCUT2D eigenvalue weighted by Gasteiger charge is 1.87. The maximum Gasteiger partial charge on any atom is -0.00247 e. The largest absolute Gasteiger partial charge is 0.313 e. The molecule has 2 nitrogen and oxygen atoms in total. The van der Waals surface area contributed by atoms with Gasteiger partial charge in [-0.05, 0) is 46.1 Å². The van der Waals surface area contributed by atoms with E-state index in [4.69, 9.17) is 5.41 Å². The molecule has 54 valence electrons. The van der Waals surface area contributed by atoms with Gasteiger partial charge in [0.25, 0.3) is 0 Å². The lowest BCUT2D eigenvalue weighted by atomic mass is 10.2. The average molecular weight is 128 g/mol. The van der Waals surface area contributed by atoms with Crippen LogP contribution >= 0.6 is 0 Å². The van der Waals surface area contributed by atoms with Crippen LogP contribution in [0.1, 0.15) is 19.3 Å². The highest BCUT2D eigenvalue weighted by Crippen LogP contribution is 1.92. The Bertz CT molecular complexity index is 69.3. The SMILES string of the molecule is CN(C)CCCCC=N. The number of rotatable bonds is 5. The van der Waals surface area contributed by atoms with E-state index >= 15 is 0 Å². The summed E-state index contributed by atoms with van der Waals surface area (Å²) in [6, 6.07) is 0. The van der Waals surface area contributed by atoms with Gasteiger partial charge in [-0.1, -0.05) is 0 Å². The van der Waals surface area contributed by atoms with Crippen LogP contribution in [0.25, 0.3) is 0 Å². The Labute approximate surface area is 57.4 Å². The second kappa shape index (κ2) is 5.76. The Morgan fingerprint density at radius 2 is 2.00 bits per heavy atom. The lowest BCUT2D eigenvalue weighted by molar-refractivity contribution is 0.396. The molecule has 0 bridgehead atoms. The van der Waals surface area contributed by atoms with Gasteiger partial charge in [-0.2, -0.15) is 0 Å². The molecule has 2 heteroatoms. The molecule has 9 heavy (non-hydrogen) atoms. The summed E-state index contributed by atoms with van der Waals surface area (Å²) in [6.45, 7) is 1.15. The molecule has 0 rings (SSSR count). The smallest absolute Gasteiger partial charge is 0.00247 e. The summed E-state index contributed by atoms with van der Waals surface area (Å²) in [5.41, 5.74) is 0. The molecule has 0 saturated heterocycles. The lowest BCUT2D eigenvalue weighted by Crippen LogP contribution is -2.12. The van der Waals surface area contributed by atoms with Gasteiger partial charge < -0.3 is 10.3 Å². The predicted molar refractivity (Wildman–Crippen MR) is 41.2 cm³/mol. The van der Waals surface area contributed by atoms with Gasteiger partial charge in [-0.25, -0.2) is 0 Å². The average Bonchev–Trinajstić information content (AvgIpc) is 1.80. The van der Waals surface area contributed by atoms with Crippen molar-refractivity contribution in [3.63, 3.8) is 0 Å². The fourth-order valence-electron chi connectivity index (χ4n) is 0.674. The molecule has 0 saturated carbocycles. The molecule has 0 aromatic rings. The standard InChI is InChI=1S/C7H16N2/c1-9(2)7-5-3-4-6-8/h6,8H,3-5,7H2,1-2H3. The predicted octanol–water partition coefficient (Wildman–Crippen LogP) is 1.37. The Morgan fingerprint density at radius 1 is 1.33 bits per heavy atom. The van der Waals surface area contributed by atoms with Crippen LogP contribution < -0.4 is 0 Å². The van der Waals surface area contributed by atoms with Gasteiger partial charge in [0.05, 0.1) is 0 Å². The molecular formula is C7H16N2. The molecule has 0 fully saturated rings. The summed E-state index contributed by atoms with van der Waals surface area (Å²) in [5, 5.41) is 6.75. The minimum absolute atomic E-state index is 0.938. The zero-order chi connectivity index (χ0) is 7.11. The minimum atomic E-state index is 0.938. The highest BCUT2D eigenvalue weighted by molar-refractivity contribution is 5.52. The van der Waals surface area contributed by atoms with Gasteiger partial charge in [-0.3, -0.25) is 0 Å². The van der Waals surface area contributed by atoms with Crippen LogP contribution in [0, 0.1) is 5.41 Å². The van der Waals surface area contributed by atoms with E-state index in [2.05, 4.69) is 19.0 Å². The third-order valence-corrected chi connectivity index (χ3v) is 1.20. The van der Waals surface area contributed by atoms with Crippen molar-refractivity contribution in [3.05, 3.63) is 0 Å². The number of nitrogens with zero attached hydrogens (tertiary/aromatic N) is 1. The van der Waals surface area contributed by atoms with Crippen molar-refractivity contribution in [1.82, 2.24) is 4.90 Å². The van der Waals surface area contributed by atoms with Gasteiger partial charge in [0.1, 0.15) is 0 Å². The van der Waals surface area contributed by atoms with Crippen LogP contribution in [0.3, 0.4) is 0 Å². The maximum atomic E-state index is 6.75. The van der Waals surface area contributed by atoms with E-state index in [1.807, 2.05) is 0 Å².